The van der Waals surface area contributed by atoms with E-state index in [1.165, 1.54) is 30.5 Å². The molecule has 4 rings (SSSR count). The zero-order valence-electron chi connectivity index (χ0n) is 15.5. The normalized spacial score (nSPS) is 14.9. The molecule has 2 heterocycles. The topological polar surface area (TPSA) is 91.1 Å². The van der Waals surface area contributed by atoms with Crippen molar-refractivity contribution in [3.63, 3.8) is 0 Å². The van der Waals surface area contributed by atoms with Crippen LogP contribution in [-0.2, 0) is 0 Å². The molecular weight excluding hydrogens is 477 g/mol. The van der Waals surface area contributed by atoms with Crippen LogP contribution in [0.2, 0.25) is 5.02 Å². The van der Waals surface area contributed by atoms with Gasteiger partial charge in [0.2, 0.25) is 5.56 Å². The van der Waals surface area contributed by atoms with Gasteiger partial charge in [-0.25, -0.2) is 4.39 Å². The average Bonchev–Trinajstić information content (AvgIpc) is 3.00. The molecule has 9 heteroatoms. The second kappa shape index (κ2) is 7.70. The number of amides is 2. The lowest BCUT2D eigenvalue weighted by molar-refractivity contribution is 0.0959. The molecule has 1 aromatic heterocycles. The minimum atomic E-state index is -0.740. The van der Waals surface area contributed by atoms with Gasteiger partial charge >= 0.3 is 0 Å². The van der Waals surface area contributed by atoms with E-state index in [9.17, 15) is 18.8 Å². The average molecular weight is 491 g/mol. The van der Waals surface area contributed by atoms with Gasteiger partial charge in [-0.1, -0.05) is 27.5 Å². The quantitative estimate of drug-likeness (QED) is 0.511. The molecule has 30 heavy (non-hydrogen) atoms. The van der Waals surface area contributed by atoms with E-state index in [-0.39, 0.29) is 22.1 Å². The van der Waals surface area contributed by atoms with Crippen molar-refractivity contribution in [3.8, 4) is 0 Å². The number of aromatic nitrogens is 1. The number of aromatic amines is 1. The predicted molar refractivity (Wildman–Crippen MR) is 115 cm³/mol. The number of fused-ring (bicyclic) bond motifs is 1. The molecule has 0 unspecified atom stereocenters. The summed E-state index contributed by atoms with van der Waals surface area (Å²) in [6.45, 7) is 1.65. The van der Waals surface area contributed by atoms with E-state index in [4.69, 9.17) is 11.6 Å². The van der Waals surface area contributed by atoms with Crippen LogP contribution in [0.25, 0.3) is 0 Å². The van der Waals surface area contributed by atoms with E-state index in [0.717, 1.165) is 0 Å². The third-order valence-corrected chi connectivity index (χ3v) is 5.65. The summed E-state index contributed by atoms with van der Waals surface area (Å²) >= 11 is 9.61. The highest BCUT2D eigenvalue weighted by molar-refractivity contribution is 9.10. The lowest BCUT2D eigenvalue weighted by atomic mass is 9.96. The zero-order valence-corrected chi connectivity index (χ0v) is 17.8. The van der Waals surface area contributed by atoms with E-state index in [1.807, 2.05) is 0 Å². The van der Waals surface area contributed by atoms with Crippen molar-refractivity contribution in [3.05, 3.63) is 96.1 Å². The molecule has 6 nitrogen and oxygen atoms in total. The van der Waals surface area contributed by atoms with Gasteiger partial charge in [-0.2, -0.15) is 0 Å². The van der Waals surface area contributed by atoms with Crippen molar-refractivity contribution in [1.82, 2.24) is 10.3 Å². The molecule has 0 radical (unpaired) electrons. The number of anilines is 1. The molecule has 3 aromatic rings. The molecule has 2 amide bonds. The van der Waals surface area contributed by atoms with Crippen molar-refractivity contribution < 1.29 is 14.0 Å². The first kappa shape index (κ1) is 20.3. The molecule has 1 aliphatic rings. The maximum absolute atomic E-state index is 13.9. The molecule has 2 aromatic carbocycles. The summed E-state index contributed by atoms with van der Waals surface area (Å²) in [5, 5.41) is 5.87. The second-order valence-electron chi connectivity index (χ2n) is 6.83. The molecule has 152 valence electrons. The third kappa shape index (κ3) is 3.64. The molecule has 0 saturated carbocycles. The predicted octanol–water partition coefficient (Wildman–Crippen LogP) is 4.32. The van der Waals surface area contributed by atoms with Gasteiger partial charge in [-0.3, -0.25) is 14.4 Å². The second-order valence-corrected chi connectivity index (χ2v) is 8.16. The molecule has 0 spiro atoms. The number of H-pyrrole nitrogens is 1. The Kier molecular flexibility index (Phi) is 5.21. The van der Waals surface area contributed by atoms with E-state index < -0.39 is 17.8 Å². The van der Waals surface area contributed by atoms with Crippen LogP contribution in [0.4, 0.5) is 10.1 Å². The highest BCUT2D eigenvalue weighted by atomic mass is 79.9. The number of aryl methyl sites for hydroxylation is 1. The fourth-order valence-corrected chi connectivity index (χ4v) is 4.16. The SMILES string of the molecule is Cc1cc(=O)[nH]cc1C(=O)Nc1cc(Br)cc2c1[C@H](c1cc(F)ccc1Cl)NC2=O. The number of carbonyl (C=O) groups excluding carboxylic acids is 2. The van der Waals surface area contributed by atoms with Gasteiger partial charge in [-0.15, -0.1) is 0 Å². The summed E-state index contributed by atoms with van der Waals surface area (Å²) in [5.41, 5.74) is 2.01. The summed E-state index contributed by atoms with van der Waals surface area (Å²) in [7, 11) is 0. The van der Waals surface area contributed by atoms with Crippen LogP contribution in [0.15, 0.2) is 51.9 Å². The van der Waals surface area contributed by atoms with Crippen molar-refractivity contribution >= 4 is 45.0 Å². The number of benzene rings is 2. The first-order valence-electron chi connectivity index (χ1n) is 8.84. The van der Waals surface area contributed by atoms with E-state index >= 15 is 0 Å². The molecule has 0 aliphatic carbocycles. The maximum Gasteiger partial charge on any atom is 0.257 e. The van der Waals surface area contributed by atoms with E-state index in [0.29, 0.717) is 32.4 Å². The Morgan fingerprint density at radius 2 is 1.97 bits per heavy atom. The lowest BCUT2D eigenvalue weighted by Crippen LogP contribution is -2.21. The number of carbonyl (C=O) groups is 2. The zero-order chi connectivity index (χ0) is 21.6. The van der Waals surface area contributed by atoms with Crippen LogP contribution in [-0.4, -0.2) is 16.8 Å². The molecule has 3 N–H and O–H groups in total. The van der Waals surface area contributed by atoms with Crippen molar-refractivity contribution in [1.29, 1.82) is 0 Å². The minimum Gasteiger partial charge on any atom is -0.341 e. The van der Waals surface area contributed by atoms with E-state index in [2.05, 4.69) is 31.5 Å². The first-order valence-corrected chi connectivity index (χ1v) is 10.0. The number of rotatable bonds is 3. The Labute approximate surface area is 183 Å². The number of hydrogen-bond donors (Lipinski definition) is 3. The monoisotopic (exact) mass is 489 g/mol. The van der Waals surface area contributed by atoms with Crippen molar-refractivity contribution in [2.75, 3.05) is 5.32 Å². The molecular formula is C21H14BrClFN3O3. The smallest absolute Gasteiger partial charge is 0.257 e. The summed E-state index contributed by atoms with van der Waals surface area (Å²) in [5.74, 6) is -1.33. The Hall–Kier alpha value is -2.97. The number of hydrogen-bond acceptors (Lipinski definition) is 3. The van der Waals surface area contributed by atoms with Gasteiger partial charge < -0.3 is 15.6 Å². The fraction of sp³-hybridized carbons (Fsp3) is 0.0952. The number of halogens is 3. The van der Waals surface area contributed by atoms with Crippen LogP contribution < -0.4 is 16.2 Å². The van der Waals surface area contributed by atoms with Gasteiger partial charge in [0, 0.05) is 44.1 Å². The minimum absolute atomic E-state index is 0.279. The molecule has 1 atom stereocenters. The Morgan fingerprint density at radius 3 is 2.70 bits per heavy atom. The fourth-order valence-electron chi connectivity index (χ4n) is 3.48. The molecule has 0 fully saturated rings. The van der Waals surface area contributed by atoms with Crippen molar-refractivity contribution in [2.24, 2.45) is 0 Å². The summed E-state index contributed by atoms with van der Waals surface area (Å²) in [6.07, 6.45) is 1.33. The molecule has 0 bridgehead atoms. The lowest BCUT2D eigenvalue weighted by Gasteiger charge is -2.18. The van der Waals surface area contributed by atoms with Gasteiger partial charge in [0.15, 0.2) is 0 Å². The van der Waals surface area contributed by atoms with Crippen LogP contribution >= 0.6 is 27.5 Å². The standard InChI is InChI=1S/C21H14BrClFN3O3/c1-9-4-17(28)25-8-14(9)21(30)26-16-6-10(22)5-13-18(16)19(27-20(13)29)12-7-11(24)2-3-15(12)23/h2-8,19H,1H3,(H,25,28)(H,26,30)(H,27,29)/t19-/m0/s1. The third-order valence-electron chi connectivity index (χ3n) is 4.85. The van der Waals surface area contributed by atoms with Crippen LogP contribution in [0, 0.1) is 12.7 Å². The van der Waals surface area contributed by atoms with Crippen molar-refractivity contribution in [2.45, 2.75) is 13.0 Å². The Bertz CT molecular complexity index is 1270. The largest absolute Gasteiger partial charge is 0.341 e. The molecule has 0 saturated heterocycles. The summed E-state index contributed by atoms with van der Waals surface area (Å²) < 4.78 is 14.4. The highest BCUT2D eigenvalue weighted by Crippen LogP contribution is 2.41. The van der Waals surface area contributed by atoms with Gasteiger partial charge in [0.25, 0.3) is 11.8 Å². The number of pyridine rings is 1. The molecule has 1 aliphatic heterocycles. The summed E-state index contributed by atoms with van der Waals surface area (Å²) in [4.78, 5) is 39.3. The number of nitrogens with one attached hydrogen (secondary N) is 3. The maximum atomic E-state index is 13.9. The summed E-state index contributed by atoms with van der Waals surface area (Å²) in [6, 6.07) is 7.75. The van der Waals surface area contributed by atoms with Gasteiger partial charge in [0.1, 0.15) is 5.82 Å². The van der Waals surface area contributed by atoms with Crippen LogP contribution in [0.5, 0.6) is 0 Å². The highest BCUT2D eigenvalue weighted by Gasteiger charge is 2.34. The van der Waals surface area contributed by atoms with Gasteiger partial charge in [-0.05, 0) is 42.8 Å². The van der Waals surface area contributed by atoms with E-state index in [1.54, 1.807) is 19.1 Å². The van der Waals surface area contributed by atoms with Crippen LogP contribution in [0.3, 0.4) is 0 Å². The van der Waals surface area contributed by atoms with Crippen LogP contribution in [0.1, 0.15) is 43.4 Å². The Balaban J connectivity index is 1.82. The Morgan fingerprint density at radius 1 is 1.20 bits per heavy atom. The van der Waals surface area contributed by atoms with Gasteiger partial charge in [0.05, 0.1) is 11.6 Å². The first-order chi connectivity index (χ1) is 14.2.